The molecule has 0 bridgehead atoms. The minimum absolute atomic E-state index is 0.0434. The number of benzene rings is 1. The summed E-state index contributed by atoms with van der Waals surface area (Å²) in [6.45, 7) is 0.659. The smallest absolute Gasteiger partial charge is 0.321 e. The molecule has 3 rings (SSSR count). The largest absolute Gasteiger partial charge is 0.480 e. The number of alkyl halides is 1. The highest BCUT2D eigenvalue weighted by atomic mass is 19.1. The van der Waals surface area contributed by atoms with Gasteiger partial charge in [-0.25, -0.2) is 4.39 Å². The van der Waals surface area contributed by atoms with Gasteiger partial charge in [-0.15, -0.1) is 0 Å². The van der Waals surface area contributed by atoms with Crippen molar-refractivity contribution in [3.63, 3.8) is 0 Å². The van der Waals surface area contributed by atoms with Gasteiger partial charge in [0.25, 0.3) is 0 Å². The number of halogens is 1. The molecule has 19 heavy (non-hydrogen) atoms. The van der Waals surface area contributed by atoms with E-state index in [0.717, 1.165) is 5.56 Å². The van der Waals surface area contributed by atoms with Crippen LogP contribution in [0.25, 0.3) is 0 Å². The summed E-state index contributed by atoms with van der Waals surface area (Å²) < 4.78 is 24.0. The second-order valence-electron chi connectivity index (χ2n) is 4.77. The number of hydrogen-bond acceptors (Lipinski definition) is 4. The molecule has 1 fully saturated rings. The topological polar surface area (TPSA) is 59.0 Å². The molecule has 0 aromatic heterocycles. The van der Waals surface area contributed by atoms with E-state index in [2.05, 4.69) is 0 Å². The number of rotatable bonds is 3. The summed E-state index contributed by atoms with van der Waals surface area (Å²) in [7, 11) is 0. The van der Waals surface area contributed by atoms with Crippen LogP contribution in [0.15, 0.2) is 18.2 Å². The predicted octanol–water partition coefficient (Wildman–Crippen LogP) is 1.41. The van der Waals surface area contributed by atoms with Crippen LogP contribution < -0.4 is 9.47 Å². The Kier molecular flexibility index (Phi) is 3.02. The molecular formula is C13H14FNO4. The van der Waals surface area contributed by atoms with E-state index in [9.17, 15) is 9.18 Å². The van der Waals surface area contributed by atoms with Crippen molar-refractivity contribution in [1.29, 1.82) is 0 Å². The molecule has 102 valence electrons. The van der Waals surface area contributed by atoms with Crippen LogP contribution in [0, 0.1) is 0 Å². The highest BCUT2D eigenvalue weighted by molar-refractivity contribution is 5.74. The molecule has 1 aromatic carbocycles. The normalized spacial score (nSPS) is 25.7. The number of nitrogens with zero attached hydrogens (tertiary/aromatic N) is 1. The number of fused-ring (bicyclic) bond motifs is 1. The Hall–Kier alpha value is -1.82. The molecule has 0 spiro atoms. The quantitative estimate of drug-likeness (QED) is 0.897. The van der Waals surface area contributed by atoms with Gasteiger partial charge in [-0.2, -0.15) is 0 Å². The van der Waals surface area contributed by atoms with Crippen LogP contribution in [0.1, 0.15) is 12.0 Å². The third-order valence-corrected chi connectivity index (χ3v) is 3.49. The monoisotopic (exact) mass is 267 g/mol. The number of hydrogen-bond donors (Lipinski definition) is 1. The fourth-order valence-corrected chi connectivity index (χ4v) is 2.61. The van der Waals surface area contributed by atoms with E-state index < -0.39 is 18.2 Å². The first-order valence-corrected chi connectivity index (χ1v) is 6.13. The SMILES string of the molecule is O=C(O)[C@H]1C[C@H](F)CN1Cc1cccc2c1OCO2. The summed E-state index contributed by atoms with van der Waals surface area (Å²) in [4.78, 5) is 12.7. The van der Waals surface area contributed by atoms with Gasteiger partial charge in [0.15, 0.2) is 11.5 Å². The molecule has 2 atom stereocenters. The number of carbonyl (C=O) groups is 1. The molecule has 2 heterocycles. The molecule has 0 unspecified atom stereocenters. The van der Waals surface area contributed by atoms with Crippen molar-refractivity contribution in [2.24, 2.45) is 0 Å². The third kappa shape index (κ3) is 2.23. The molecule has 0 radical (unpaired) electrons. The number of carboxylic acids is 1. The van der Waals surface area contributed by atoms with Gasteiger partial charge in [0.05, 0.1) is 0 Å². The standard InChI is InChI=1S/C13H14FNO4/c14-9-4-10(13(16)17)15(6-9)5-8-2-1-3-11-12(8)19-7-18-11/h1-3,9-10H,4-7H2,(H,16,17)/t9-,10+/m0/s1. The molecule has 2 aliphatic rings. The lowest BCUT2D eigenvalue weighted by Gasteiger charge is -2.21. The van der Waals surface area contributed by atoms with Crippen LogP contribution in [0.3, 0.4) is 0 Å². The Labute approximate surface area is 109 Å². The van der Waals surface area contributed by atoms with Crippen molar-refractivity contribution in [2.45, 2.75) is 25.2 Å². The lowest BCUT2D eigenvalue weighted by molar-refractivity contribution is -0.142. The average Bonchev–Trinajstić information content (AvgIpc) is 2.96. The summed E-state index contributed by atoms with van der Waals surface area (Å²) in [6.07, 6.45) is -1.04. The first-order valence-electron chi connectivity index (χ1n) is 6.13. The van der Waals surface area contributed by atoms with Crippen molar-refractivity contribution in [2.75, 3.05) is 13.3 Å². The first-order chi connectivity index (χ1) is 9.15. The van der Waals surface area contributed by atoms with Crippen LogP contribution in [-0.2, 0) is 11.3 Å². The first kappa shape index (κ1) is 12.2. The summed E-state index contributed by atoms with van der Waals surface area (Å²) in [5.41, 5.74) is 0.829. The molecule has 0 amide bonds. The second kappa shape index (κ2) is 4.70. The van der Waals surface area contributed by atoms with E-state index in [1.165, 1.54) is 0 Å². The van der Waals surface area contributed by atoms with Gasteiger partial charge in [0, 0.05) is 25.1 Å². The van der Waals surface area contributed by atoms with Crippen LogP contribution in [-0.4, -0.2) is 41.5 Å². The number of likely N-dealkylation sites (tertiary alicyclic amines) is 1. The summed E-state index contributed by atoms with van der Waals surface area (Å²) in [6, 6.07) is 4.69. The predicted molar refractivity (Wildman–Crippen MR) is 63.9 cm³/mol. The average molecular weight is 267 g/mol. The summed E-state index contributed by atoms with van der Waals surface area (Å²) in [5, 5.41) is 9.11. The highest BCUT2D eigenvalue weighted by Crippen LogP contribution is 2.37. The Morgan fingerprint density at radius 1 is 1.47 bits per heavy atom. The number of para-hydroxylation sites is 1. The molecule has 1 N–H and O–H groups in total. The van der Waals surface area contributed by atoms with Crippen molar-refractivity contribution in [3.05, 3.63) is 23.8 Å². The lowest BCUT2D eigenvalue weighted by atomic mass is 10.1. The van der Waals surface area contributed by atoms with Gasteiger partial charge in [-0.05, 0) is 6.07 Å². The van der Waals surface area contributed by atoms with Crippen LogP contribution in [0.5, 0.6) is 11.5 Å². The fraction of sp³-hybridized carbons (Fsp3) is 0.462. The highest BCUT2D eigenvalue weighted by Gasteiger charge is 2.37. The lowest BCUT2D eigenvalue weighted by Crippen LogP contribution is -2.35. The van der Waals surface area contributed by atoms with Gasteiger partial charge < -0.3 is 14.6 Å². The molecule has 2 aliphatic heterocycles. The van der Waals surface area contributed by atoms with E-state index in [1.54, 1.807) is 11.0 Å². The van der Waals surface area contributed by atoms with Gasteiger partial charge in [-0.3, -0.25) is 9.69 Å². The Bertz CT molecular complexity index is 507. The second-order valence-corrected chi connectivity index (χ2v) is 4.77. The summed E-state index contributed by atoms with van der Waals surface area (Å²) in [5.74, 6) is 0.305. The van der Waals surface area contributed by atoms with E-state index in [0.29, 0.717) is 18.0 Å². The number of carboxylic acid groups (broad SMARTS) is 1. The van der Waals surface area contributed by atoms with Gasteiger partial charge in [0.1, 0.15) is 12.2 Å². The number of ether oxygens (including phenoxy) is 2. The zero-order valence-electron chi connectivity index (χ0n) is 10.2. The third-order valence-electron chi connectivity index (χ3n) is 3.49. The minimum Gasteiger partial charge on any atom is -0.480 e. The molecule has 5 nitrogen and oxygen atoms in total. The summed E-state index contributed by atoms with van der Waals surface area (Å²) >= 11 is 0. The van der Waals surface area contributed by atoms with Crippen molar-refractivity contribution < 1.29 is 23.8 Å². The van der Waals surface area contributed by atoms with Crippen LogP contribution >= 0.6 is 0 Å². The van der Waals surface area contributed by atoms with Crippen molar-refractivity contribution in [3.8, 4) is 11.5 Å². The Morgan fingerprint density at radius 2 is 2.32 bits per heavy atom. The van der Waals surface area contributed by atoms with E-state index in [1.807, 2.05) is 12.1 Å². The van der Waals surface area contributed by atoms with Gasteiger partial charge in [-0.1, -0.05) is 12.1 Å². The molecule has 0 saturated carbocycles. The zero-order valence-corrected chi connectivity index (χ0v) is 10.2. The molecular weight excluding hydrogens is 253 g/mol. The zero-order chi connectivity index (χ0) is 13.4. The maximum atomic E-state index is 13.4. The van der Waals surface area contributed by atoms with Crippen LogP contribution in [0.4, 0.5) is 4.39 Å². The fourth-order valence-electron chi connectivity index (χ4n) is 2.61. The molecule has 0 aliphatic carbocycles. The van der Waals surface area contributed by atoms with Crippen molar-refractivity contribution >= 4 is 5.97 Å². The van der Waals surface area contributed by atoms with E-state index >= 15 is 0 Å². The molecule has 1 saturated heterocycles. The van der Waals surface area contributed by atoms with Crippen molar-refractivity contribution in [1.82, 2.24) is 4.90 Å². The van der Waals surface area contributed by atoms with Crippen LogP contribution in [0.2, 0.25) is 0 Å². The number of aliphatic carboxylic acids is 1. The Balaban J connectivity index is 1.81. The van der Waals surface area contributed by atoms with Gasteiger partial charge >= 0.3 is 5.97 Å². The Morgan fingerprint density at radius 3 is 3.11 bits per heavy atom. The minimum atomic E-state index is -1.09. The van der Waals surface area contributed by atoms with E-state index in [4.69, 9.17) is 14.6 Å². The molecule has 6 heteroatoms. The maximum absolute atomic E-state index is 13.4. The van der Waals surface area contributed by atoms with Gasteiger partial charge in [0.2, 0.25) is 6.79 Å². The maximum Gasteiger partial charge on any atom is 0.321 e. The molecule has 1 aromatic rings. The van der Waals surface area contributed by atoms with E-state index in [-0.39, 0.29) is 19.8 Å².